The van der Waals surface area contributed by atoms with Gasteiger partial charge in [0.05, 0.1) is 17.1 Å². The van der Waals surface area contributed by atoms with Crippen molar-refractivity contribution in [2.45, 2.75) is 29.6 Å². The van der Waals surface area contributed by atoms with Crippen LogP contribution in [0.1, 0.15) is 35.4 Å². The molecule has 0 N–H and O–H groups in total. The molecule has 1 aliphatic heterocycles. The zero-order valence-corrected chi connectivity index (χ0v) is 15.6. The molecule has 25 heavy (non-hydrogen) atoms. The number of ether oxygens (including phenoxy) is 1. The summed E-state index contributed by atoms with van der Waals surface area (Å²) in [6, 6.07) is 16.8. The van der Waals surface area contributed by atoms with Crippen molar-refractivity contribution in [3.8, 4) is 0 Å². The van der Waals surface area contributed by atoms with Crippen molar-refractivity contribution >= 4 is 27.6 Å². The Morgan fingerprint density at radius 3 is 2.48 bits per heavy atom. The fourth-order valence-corrected chi connectivity index (χ4v) is 6.40. The number of rotatable bonds is 5. The molecule has 0 saturated carbocycles. The van der Waals surface area contributed by atoms with Crippen molar-refractivity contribution in [1.82, 2.24) is 0 Å². The molecule has 0 aliphatic carbocycles. The lowest BCUT2D eigenvalue weighted by Crippen LogP contribution is -2.12. The molecule has 6 heteroatoms. The summed E-state index contributed by atoms with van der Waals surface area (Å²) in [5.41, 5.74) is 1.42. The van der Waals surface area contributed by atoms with E-state index in [-0.39, 0.29) is 28.8 Å². The normalized spacial score (nSPS) is 20.1. The lowest BCUT2D eigenvalue weighted by atomic mass is 10.1. The number of carbonyl (C=O) groups excluding carboxylic acids is 1. The molecule has 1 aliphatic rings. The predicted octanol–water partition coefficient (Wildman–Crippen LogP) is 3.88. The van der Waals surface area contributed by atoms with E-state index in [1.807, 2.05) is 49.4 Å². The third kappa shape index (κ3) is 4.64. The molecule has 132 valence electrons. The molecule has 1 heterocycles. The summed E-state index contributed by atoms with van der Waals surface area (Å²) in [5, 5.41) is -0.00880. The topological polar surface area (TPSA) is 60.4 Å². The fraction of sp³-hybridized carbons (Fsp3) is 0.316. The third-order valence-corrected chi connectivity index (χ3v) is 7.47. The zero-order valence-electron chi connectivity index (χ0n) is 13.9. The van der Waals surface area contributed by atoms with Gasteiger partial charge in [0.25, 0.3) is 0 Å². The van der Waals surface area contributed by atoms with Gasteiger partial charge in [-0.1, -0.05) is 42.5 Å². The Morgan fingerprint density at radius 2 is 1.80 bits per heavy atom. The van der Waals surface area contributed by atoms with Gasteiger partial charge in [-0.15, -0.1) is 11.8 Å². The molecule has 0 amide bonds. The van der Waals surface area contributed by atoms with E-state index in [2.05, 4.69) is 0 Å². The highest BCUT2D eigenvalue weighted by molar-refractivity contribution is 8.02. The first-order valence-corrected chi connectivity index (χ1v) is 10.9. The molecule has 1 saturated heterocycles. The highest BCUT2D eigenvalue weighted by Gasteiger charge is 2.29. The molecule has 1 fully saturated rings. The van der Waals surface area contributed by atoms with E-state index in [9.17, 15) is 13.2 Å². The number of benzene rings is 2. The van der Waals surface area contributed by atoms with E-state index in [1.54, 1.807) is 12.1 Å². The molecule has 2 aromatic carbocycles. The Bertz CT molecular complexity index is 847. The minimum absolute atomic E-state index is 0.00880. The van der Waals surface area contributed by atoms with Crippen LogP contribution in [0, 0.1) is 0 Å². The van der Waals surface area contributed by atoms with Gasteiger partial charge in [-0.05, 0) is 31.0 Å². The van der Waals surface area contributed by atoms with Crippen LogP contribution in [0.4, 0.5) is 0 Å². The molecule has 4 nitrogen and oxygen atoms in total. The number of sulfone groups is 1. The summed E-state index contributed by atoms with van der Waals surface area (Å²) in [6.45, 7) is 1.84. The first kappa shape index (κ1) is 18.0. The molecule has 2 atom stereocenters. The summed E-state index contributed by atoms with van der Waals surface area (Å²) < 4.78 is 28.9. The molecule has 0 bridgehead atoms. The van der Waals surface area contributed by atoms with Crippen LogP contribution in [0.2, 0.25) is 0 Å². The summed E-state index contributed by atoms with van der Waals surface area (Å²) in [6.07, 6.45) is 0.273. The first-order chi connectivity index (χ1) is 11.9. The number of hydrogen-bond acceptors (Lipinski definition) is 5. The Labute approximate surface area is 152 Å². The van der Waals surface area contributed by atoms with Crippen LogP contribution in [0.5, 0.6) is 0 Å². The van der Waals surface area contributed by atoms with Gasteiger partial charge in [0.1, 0.15) is 6.10 Å². The largest absolute Gasteiger partial charge is 0.454 e. The zero-order chi connectivity index (χ0) is 17.9. The summed E-state index contributed by atoms with van der Waals surface area (Å²) in [5.74, 6) is 0.00404. The maximum absolute atomic E-state index is 12.6. The standard InChI is InChI=1S/C19H20O4S2/c1-14(15-7-3-2-4-8-15)23-19(20)17-9-5-6-10-18(17)24-16-11-12-25(21,22)13-16/h2-10,14,16H,11-13H2,1H3/t14-,16+/m1/s1. The number of hydrogen-bond donors (Lipinski definition) is 0. The van der Waals surface area contributed by atoms with Gasteiger partial charge >= 0.3 is 5.97 Å². The highest BCUT2D eigenvalue weighted by atomic mass is 32.2. The van der Waals surface area contributed by atoms with E-state index in [0.717, 1.165) is 10.5 Å². The second-order valence-electron chi connectivity index (χ2n) is 6.10. The van der Waals surface area contributed by atoms with Crippen molar-refractivity contribution in [3.05, 3.63) is 65.7 Å². The van der Waals surface area contributed by atoms with E-state index < -0.39 is 9.84 Å². The number of esters is 1. The van der Waals surface area contributed by atoms with E-state index in [1.165, 1.54) is 11.8 Å². The Morgan fingerprint density at radius 1 is 1.12 bits per heavy atom. The predicted molar refractivity (Wildman–Crippen MR) is 99.6 cm³/mol. The second-order valence-corrected chi connectivity index (χ2v) is 9.67. The van der Waals surface area contributed by atoms with Crippen LogP contribution in [0.3, 0.4) is 0 Å². The molecular weight excluding hydrogens is 356 g/mol. The first-order valence-electron chi connectivity index (χ1n) is 8.17. The van der Waals surface area contributed by atoms with Crippen molar-refractivity contribution in [3.63, 3.8) is 0 Å². The molecule has 0 unspecified atom stereocenters. The fourth-order valence-electron chi connectivity index (χ4n) is 2.79. The van der Waals surface area contributed by atoms with Gasteiger partial charge in [-0.2, -0.15) is 0 Å². The third-order valence-electron chi connectivity index (χ3n) is 4.14. The van der Waals surface area contributed by atoms with Crippen LogP contribution < -0.4 is 0 Å². The minimum atomic E-state index is -2.94. The quantitative estimate of drug-likeness (QED) is 0.741. The number of thioether (sulfide) groups is 1. The van der Waals surface area contributed by atoms with Crippen LogP contribution in [-0.4, -0.2) is 31.1 Å². The van der Waals surface area contributed by atoms with E-state index in [0.29, 0.717) is 12.0 Å². The highest BCUT2D eigenvalue weighted by Crippen LogP contribution is 2.33. The van der Waals surface area contributed by atoms with Crippen molar-refractivity contribution < 1.29 is 17.9 Å². The van der Waals surface area contributed by atoms with Gasteiger partial charge in [-0.3, -0.25) is 0 Å². The monoisotopic (exact) mass is 376 g/mol. The van der Waals surface area contributed by atoms with Gasteiger partial charge in [0.2, 0.25) is 0 Å². The molecule has 0 aromatic heterocycles. The van der Waals surface area contributed by atoms with Crippen LogP contribution in [0.25, 0.3) is 0 Å². The van der Waals surface area contributed by atoms with Crippen LogP contribution >= 0.6 is 11.8 Å². The van der Waals surface area contributed by atoms with Crippen molar-refractivity contribution in [2.75, 3.05) is 11.5 Å². The lowest BCUT2D eigenvalue weighted by molar-refractivity contribution is 0.0333. The summed E-state index contributed by atoms with van der Waals surface area (Å²) in [7, 11) is -2.94. The summed E-state index contributed by atoms with van der Waals surface area (Å²) >= 11 is 1.45. The molecule has 0 spiro atoms. The second kappa shape index (κ2) is 7.62. The van der Waals surface area contributed by atoms with E-state index >= 15 is 0 Å². The smallest absolute Gasteiger partial charge is 0.339 e. The van der Waals surface area contributed by atoms with Crippen LogP contribution in [0.15, 0.2) is 59.5 Å². The van der Waals surface area contributed by atoms with Gasteiger partial charge < -0.3 is 4.74 Å². The van der Waals surface area contributed by atoms with Gasteiger partial charge in [0.15, 0.2) is 9.84 Å². The summed E-state index contributed by atoms with van der Waals surface area (Å²) in [4.78, 5) is 13.4. The van der Waals surface area contributed by atoms with Gasteiger partial charge in [0, 0.05) is 10.1 Å². The molecule has 3 rings (SSSR count). The van der Waals surface area contributed by atoms with Gasteiger partial charge in [-0.25, -0.2) is 13.2 Å². The number of carbonyl (C=O) groups is 1. The maximum Gasteiger partial charge on any atom is 0.339 e. The lowest BCUT2D eigenvalue weighted by Gasteiger charge is -2.16. The maximum atomic E-state index is 12.6. The van der Waals surface area contributed by atoms with E-state index in [4.69, 9.17) is 4.74 Å². The van der Waals surface area contributed by atoms with Crippen molar-refractivity contribution in [2.24, 2.45) is 0 Å². The molecular formula is C19H20O4S2. The molecule has 2 aromatic rings. The average Bonchev–Trinajstić information content (AvgIpc) is 2.94. The van der Waals surface area contributed by atoms with Crippen molar-refractivity contribution in [1.29, 1.82) is 0 Å². The Balaban J connectivity index is 1.73. The minimum Gasteiger partial charge on any atom is -0.454 e. The van der Waals surface area contributed by atoms with Crippen LogP contribution in [-0.2, 0) is 14.6 Å². The molecule has 0 radical (unpaired) electrons. The SMILES string of the molecule is C[C@@H](OC(=O)c1ccccc1S[C@H]1CCS(=O)(=O)C1)c1ccccc1. The average molecular weight is 376 g/mol. The Kier molecular flexibility index (Phi) is 5.49. The Hall–Kier alpha value is -1.79.